The van der Waals surface area contributed by atoms with Crippen molar-refractivity contribution in [1.29, 1.82) is 5.41 Å². The Morgan fingerprint density at radius 3 is 2.47 bits per heavy atom. The Balaban J connectivity index is 1.34. The van der Waals surface area contributed by atoms with Gasteiger partial charge in [0.15, 0.2) is 0 Å². The largest absolute Gasteiger partial charge is 0.460 e. The summed E-state index contributed by atoms with van der Waals surface area (Å²) in [5, 5.41) is 17.0. The molecule has 9 heteroatoms. The van der Waals surface area contributed by atoms with Gasteiger partial charge in [-0.2, -0.15) is 13.2 Å². The monoisotopic (exact) mass is 528 g/mol. The number of hydrogen-bond donors (Lipinski definition) is 3. The highest BCUT2D eigenvalue weighted by molar-refractivity contribution is 8.03. The van der Waals surface area contributed by atoms with E-state index < -0.39 is 17.7 Å². The zero-order valence-electron chi connectivity index (χ0n) is 19.6. The summed E-state index contributed by atoms with van der Waals surface area (Å²) in [6.45, 7) is 0. The molecule has 3 N–H and O–H groups in total. The molecular weight excluding hydrogens is 509 g/mol. The van der Waals surface area contributed by atoms with E-state index in [0.717, 1.165) is 50.5 Å². The molecule has 1 unspecified atom stereocenters. The van der Waals surface area contributed by atoms with Crippen molar-refractivity contribution in [2.45, 2.75) is 17.0 Å². The first-order chi connectivity index (χ1) is 18.4. The second-order valence-corrected chi connectivity index (χ2v) is 10.2. The van der Waals surface area contributed by atoms with Gasteiger partial charge in [0.05, 0.1) is 33.6 Å². The maximum Gasteiger partial charge on any atom is 0.416 e. The Kier molecular flexibility index (Phi) is 4.99. The number of furan rings is 1. The van der Waals surface area contributed by atoms with Gasteiger partial charge in [0.1, 0.15) is 23.2 Å². The average molecular weight is 529 g/mol. The standard InChI is InChI=1S/C29H19F3N4OS/c30-29(31,32)17-7-5-6-16(14-17)22-12-13-23(37-22)18-15-25-34-19-8-1-3-10-21(19)36(25)27(33)26(18)28-35-20-9-2-4-11-24(20)38-28/h1-15,18,33-35H/b28-26+,33-27?. The molecule has 3 aromatic carbocycles. The zero-order valence-corrected chi connectivity index (χ0v) is 20.5. The van der Waals surface area contributed by atoms with Crippen LogP contribution in [0.15, 0.2) is 117 Å². The first kappa shape index (κ1) is 22.8. The minimum atomic E-state index is -4.45. The number of alkyl halides is 3. The summed E-state index contributed by atoms with van der Waals surface area (Å²) in [4.78, 5) is 2.93. The number of rotatable bonds is 2. The molecule has 4 aromatic rings. The lowest BCUT2D eigenvalue weighted by atomic mass is 9.91. The van der Waals surface area contributed by atoms with Gasteiger partial charge in [-0.15, -0.1) is 0 Å². The Morgan fingerprint density at radius 2 is 1.66 bits per heavy atom. The van der Waals surface area contributed by atoms with Crippen molar-refractivity contribution in [3.63, 3.8) is 0 Å². The van der Waals surface area contributed by atoms with Crippen LogP contribution < -0.4 is 15.5 Å². The van der Waals surface area contributed by atoms with Gasteiger partial charge in [-0.05, 0) is 54.6 Å². The molecule has 7 rings (SSSR count). The number of fused-ring (bicyclic) bond motifs is 4. The topological polar surface area (TPSA) is 64.3 Å². The molecule has 1 atom stereocenters. The fourth-order valence-electron chi connectivity index (χ4n) is 5.00. The summed E-state index contributed by atoms with van der Waals surface area (Å²) in [7, 11) is 0. The Hall–Kier alpha value is -4.37. The third kappa shape index (κ3) is 3.61. The van der Waals surface area contributed by atoms with Crippen LogP contribution in [0.1, 0.15) is 17.2 Å². The van der Waals surface area contributed by atoms with Gasteiger partial charge in [-0.1, -0.05) is 48.2 Å². The lowest BCUT2D eigenvalue weighted by molar-refractivity contribution is -0.137. The highest BCUT2D eigenvalue weighted by Crippen LogP contribution is 2.50. The third-order valence-electron chi connectivity index (χ3n) is 6.76. The number of nitrogens with one attached hydrogen (secondary N) is 3. The lowest BCUT2D eigenvalue weighted by Gasteiger charge is -2.31. The van der Waals surface area contributed by atoms with E-state index in [9.17, 15) is 18.6 Å². The van der Waals surface area contributed by atoms with E-state index in [1.807, 2.05) is 59.5 Å². The van der Waals surface area contributed by atoms with Gasteiger partial charge in [0.2, 0.25) is 0 Å². The fourth-order valence-corrected chi connectivity index (χ4v) is 6.09. The van der Waals surface area contributed by atoms with E-state index >= 15 is 0 Å². The molecule has 4 heterocycles. The SMILES string of the molecule is N=C1/C(=C2\Nc3ccccc3S2)C(c2ccc(-c3cccc(C(F)(F)F)c3)o2)C=C2Nc3ccccc3N12. The van der Waals surface area contributed by atoms with E-state index in [-0.39, 0.29) is 0 Å². The number of amidine groups is 1. The minimum Gasteiger partial charge on any atom is -0.460 e. The summed E-state index contributed by atoms with van der Waals surface area (Å²) in [5.74, 6) is 1.46. The summed E-state index contributed by atoms with van der Waals surface area (Å²) in [5.41, 5.74) is 3.07. The normalized spacial score (nSPS) is 19.9. The molecule has 188 valence electrons. The van der Waals surface area contributed by atoms with Gasteiger partial charge in [0, 0.05) is 16.0 Å². The van der Waals surface area contributed by atoms with Crippen LogP contribution in [0.4, 0.5) is 30.2 Å². The molecule has 0 saturated heterocycles. The average Bonchev–Trinajstić information content (AvgIpc) is 3.64. The molecule has 0 aliphatic carbocycles. The maximum absolute atomic E-state index is 13.3. The molecule has 1 aromatic heterocycles. The number of hydrogen-bond acceptors (Lipinski definition) is 5. The van der Waals surface area contributed by atoms with Gasteiger partial charge in [0.25, 0.3) is 0 Å². The number of para-hydroxylation sites is 3. The number of anilines is 3. The molecule has 0 amide bonds. The summed E-state index contributed by atoms with van der Waals surface area (Å²) < 4.78 is 46.1. The molecule has 0 spiro atoms. The number of allylic oxidation sites excluding steroid dienone is 1. The first-order valence-electron chi connectivity index (χ1n) is 11.9. The summed E-state index contributed by atoms with van der Waals surface area (Å²) >= 11 is 1.55. The van der Waals surface area contributed by atoms with Gasteiger partial charge in [-0.3, -0.25) is 10.3 Å². The van der Waals surface area contributed by atoms with Crippen LogP contribution in [-0.2, 0) is 6.18 Å². The van der Waals surface area contributed by atoms with Crippen molar-refractivity contribution < 1.29 is 17.6 Å². The molecule has 0 fully saturated rings. The third-order valence-corrected chi connectivity index (χ3v) is 7.86. The van der Waals surface area contributed by atoms with E-state index in [4.69, 9.17) is 4.42 Å². The molecule has 3 aliphatic rings. The fraction of sp³-hybridized carbons (Fsp3) is 0.0690. The van der Waals surface area contributed by atoms with Crippen molar-refractivity contribution in [3.05, 3.63) is 119 Å². The van der Waals surface area contributed by atoms with Crippen molar-refractivity contribution in [1.82, 2.24) is 0 Å². The first-order valence-corrected chi connectivity index (χ1v) is 12.7. The molecular formula is C29H19F3N4OS. The van der Waals surface area contributed by atoms with Crippen molar-refractivity contribution in [2.24, 2.45) is 0 Å². The van der Waals surface area contributed by atoms with Gasteiger partial charge in [-0.25, -0.2) is 0 Å². The van der Waals surface area contributed by atoms with Gasteiger partial charge < -0.3 is 15.1 Å². The number of benzene rings is 3. The van der Waals surface area contributed by atoms with Crippen molar-refractivity contribution in [3.8, 4) is 11.3 Å². The smallest absolute Gasteiger partial charge is 0.416 e. The minimum absolute atomic E-state index is 0.296. The highest BCUT2D eigenvalue weighted by atomic mass is 32.2. The number of nitrogens with zero attached hydrogens (tertiary/aromatic N) is 1. The second kappa shape index (κ2) is 8.32. The van der Waals surface area contributed by atoms with E-state index in [0.29, 0.717) is 22.9 Å². The van der Waals surface area contributed by atoms with Crippen LogP contribution in [0, 0.1) is 5.41 Å². The number of halogens is 3. The molecule has 5 nitrogen and oxygen atoms in total. The summed E-state index contributed by atoms with van der Waals surface area (Å²) in [6.07, 6.45) is -2.45. The predicted molar refractivity (Wildman–Crippen MR) is 143 cm³/mol. The van der Waals surface area contributed by atoms with Crippen LogP contribution >= 0.6 is 11.8 Å². The highest BCUT2D eigenvalue weighted by Gasteiger charge is 2.40. The zero-order chi connectivity index (χ0) is 26.0. The van der Waals surface area contributed by atoms with Crippen LogP contribution in [-0.4, -0.2) is 5.84 Å². The number of thioether (sulfide) groups is 1. The summed E-state index contributed by atoms with van der Waals surface area (Å²) in [6, 6.07) is 24.3. The molecule has 0 radical (unpaired) electrons. The van der Waals surface area contributed by atoms with Crippen molar-refractivity contribution in [2.75, 3.05) is 15.5 Å². The van der Waals surface area contributed by atoms with Crippen LogP contribution in [0.25, 0.3) is 11.3 Å². The molecule has 3 aliphatic heterocycles. The van der Waals surface area contributed by atoms with Crippen LogP contribution in [0.3, 0.4) is 0 Å². The van der Waals surface area contributed by atoms with Crippen molar-refractivity contribution >= 4 is 34.7 Å². The Morgan fingerprint density at radius 1 is 0.868 bits per heavy atom. The Bertz CT molecular complexity index is 1660. The van der Waals surface area contributed by atoms with E-state index in [1.165, 1.54) is 6.07 Å². The molecule has 0 saturated carbocycles. The van der Waals surface area contributed by atoms with Crippen LogP contribution in [0.2, 0.25) is 0 Å². The molecule has 0 bridgehead atoms. The Labute approximate surface area is 220 Å². The second-order valence-electron chi connectivity index (χ2n) is 9.10. The lowest BCUT2D eigenvalue weighted by Crippen LogP contribution is -2.36. The van der Waals surface area contributed by atoms with Gasteiger partial charge >= 0.3 is 6.18 Å². The van der Waals surface area contributed by atoms with E-state index in [2.05, 4.69) is 10.6 Å². The predicted octanol–water partition coefficient (Wildman–Crippen LogP) is 8.24. The van der Waals surface area contributed by atoms with E-state index in [1.54, 1.807) is 30.0 Å². The molecule has 38 heavy (non-hydrogen) atoms. The van der Waals surface area contributed by atoms with Crippen LogP contribution in [0.5, 0.6) is 0 Å². The maximum atomic E-state index is 13.3. The quantitative estimate of drug-likeness (QED) is 0.245.